The van der Waals surface area contributed by atoms with Crippen LogP contribution >= 0.6 is 0 Å². The number of hydrogen-bond donors (Lipinski definition) is 1. The average molecular weight is 294 g/mol. The molecule has 0 saturated carbocycles. The van der Waals surface area contributed by atoms with Crippen LogP contribution in [0.25, 0.3) is 0 Å². The summed E-state index contributed by atoms with van der Waals surface area (Å²) >= 11 is 0. The monoisotopic (exact) mass is 294 g/mol. The van der Waals surface area contributed by atoms with Crippen molar-refractivity contribution in [3.8, 4) is 0 Å². The standard InChI is InChI=1S/C17H18N4O/c1-10-4-3-5-12(6-10)16-15-13(7-11(2)8-14(15)22)20-17-18-9-19-21(16)17/h3-6,9,11,16H,7-8H2,1-2H3,(H,18,19,20). The van der Waals surface area contributed by atoms with E-state index in [1.807, 2.05) is 10.7 Å². The highest BCUT2D eigenvalue weighted by Crippen LogP contribution is 2.40. The minimum atomic E-state index is -0.173. The molecule has 0 saturated heterocycles. The summed E-state index contributed by atoms with van der Waals surface area (Å²) < 4.78 is 1.82. The van der Waals surface area contributed by atoms with Crippen molar-refractivity contribution in [3.63, 3.8) is 0 Å². The molecule has 0 radical (unpaired) electrons. The normalized spacial score (nSPS) is 23.8. The van der Waals surface area contributed by atoms with Gasteiger partial charge in [0.1, 0.15) is 12.4 Å². The first-order chi connectivity index (χ1) is 10.6. The lowest BCUT2D eigenvalue weighted by Gasteiger charge is -2.34. The number of aryl methyl sites for hydroxylation is 1. The van der Waals surface area contributed by atoms with Gasteiger partial charge in [-0.05, 0) is 24.8 Å². The number of benzene rings is 1. The quantitative estimate of drug-likeness (QED) is 0.878. The maximum atomic E-state index is 12.7. The topological polar surface area (TPSA) is 59.8 Å². The summed E-state index contributed by atoms with van der Waals surface area (Å²) in [5, 5.41) is 7.65. The molecule has 0 amide bonds. The number of fused-ring (bicyclic) bond motifs is 1. The number of allylic oxidation sites excluding steroid dienone is 2. The molecule has 0 bridgehead atoms. The Morgan fingerprint density at radius 1 is 1.32 bits per heavy atom. The number of nitrogens with zero attached hydrogens (tertiary/aromatic N) is 3. The molecule has 5 heteroatoms. The fourth-order valence-corrected chi connectivity index (χ4v) is 3.50. The third kappa shape index (κ3) is 1.96. The second kappa shape index (κ2) is 4.80. The van der Waals surface area contributed by atoms with E-state index in [0.29, 0.717) is 18.3 Å². The van der Waals surface area contributed by atoms with Gasteiger partial charge >= 0.3 is 0 Å². The van der Waals surface area contributed by atoms with Crippen LogP contribution in [0.4, 0.5) is 5.95 Å². The molecule has 0 spiro atoms. The number of anilines is 1. The van der Waals surface area contributed by atoms with Crippen LogP contribution in [-0.2, 0) is 4.79 Å². The first-order valence-corrected chi connectivity index (χ1v) is 7.63. The van der Waals surface area contributed by atoms with Crippen molar-refractivity contribution < 1.29 is 4.79 Å². The predicted octanol–water partition coefficient (Wildman–Crippen LogP) is 2.85. The van der Waals surface area contributed by atoms with Crippen LogP contribution in [-0.4, -0.2) is 20.5 Å². The second-order valence-electron chi connectivity index (χ2n) is 6.30. The highest BCUT2D eigenvalue weighted by Gasteiger charge is 2.37. The lowest BCUT2D eigenvalue weighted by molar-refractivity contribution is -0.117. The summed E-state index contributed by atoms with van der Waals surface area (Å²) in [6, 6.07) is 8.10. The van der Waals surface area contributed by atoms with Crippen LogP contribution in [0.3, 0.4) is 0 Å². The van der Waals surface area contributed by atoms with Gasteiger partial charge in [-0.15, -0.1) is 0 Å². The Morgan fingerprint density at radius 2 is 2.18 bits per heavy atom. The molecule has 1 aromatic carbocycles. The minimum absolute atomic E-state index is 0.173. The Kier molecular flexibility index (Phi) is 2.89. The number of hydrogen-bond acceptors (Lipinski definition) is 4. The first kappa shape index (κ1) is 13.2. The molecular weight excluding hydrogens is 276 g/mol. The number of ketones is 1. The summed E-state index contributed by atoms with van der Waals surface area (Å²) in [5.41, 5.74) is 4.12. The number of nitrogens with one attached hydrogen (secondary N) is 1. The van der Waals surface area contributed by atoms with Crippen molar-refractivity contribution >= 4 is 11.7 Å². The lowest BCUT2D eigenvalue weighted by Crippen LogP contribution is -2.33. The van der Waals surface area contributed by atoms with E-state index < -0.39 is 0 Å². The van der Waals surface area contributed by atoms with Gasteiger partial charge in [-0.3, -0.25) is 4.79 Å². The van der Waals surface area contributed by atoms with E-state index in [1.165, 1.54) is 11.9 Å². The van der Waals surface area contributed by atoms with Gasteiger partial charge in [-0.25, -0.2) is 4.68 Å². The SMILES string of the molecule is Cc1cccc(C2C3=C(CC(C)CC3=O)Nc3ncnn32)c1. The molecule has 2 aliphatic rings. The van der Waals surface area contributed by atoms with Gasteiger partial charge in [-0.2, -0.15) is 10.1 Å². The van der Waals surface area contributed by atoms with Gasteiger partial charge in [-0.1, -0.05) is 36.8 Å². The molecule has 2 atom stereocenters. The van der Waals surface area contributed by atoms with Gasteiger partial charge in [0.25, 0.3) is 0 Å². The van der Waals surface area contributed by atoms with E-state index in [-0.39, 0.29) is 11.8 Å². The van der Waals surface area contributed by atoms with Crippen LogP contribution in [0.1, 0.15) is 36.9 Å². The Labute approximate surface area is 129 Å². The Hall–Kier alpha value is -2.43. The largest absolute Gasteiger partial charge is 0.328 e. The highest BCUT2D eigenvalue weighted by molar-refractivity contribution is 5.99. The van der Waals surface area contributed by atoms with Gasteiger partial charge < -0.3 is 5.32 Å². The summed E-state index contributed by atoms with van der Waals surface area (Å²) in [4.78, 5) is 17.0. The van der Waals surface area contributed by atoms with Crippen molar-refractivity contribution in [1.82, 2.24) is 14.8 Å². The zero-order valence-corrected chi connectivity index (χ0v) is 12.7. The summed E-state index contributed by atoms with van der Waals surface area (Å²) in [7, 11) is 0. The second-order valence-corrected chi connectivity index (χ2v) is 6.30. The molecule has 0 fully saturated rings. The third-order valence-corrected chi connectivity index (χ3v) is 4.42. The Morgan fingerprint density at radius 3 is 3.00 bits per heavy atom. The van der Waals surface area contributed by atoms with Crippen molar-refractivity contribution in [2.75, 3.05) is 5.32 Å². The maximum absolute atomic E-state index is 12.7. The lowest BCUT2D eigenvalue weighted by atomic mass is 9.81. The van der Waals surface area contributed by atoms with Gasteiger partial charge in [0.2, 0.25) is 5.95 Å². The van der Waals surface area contributed by atoms with Crippen LogP contribution in [0.5, 0.6) is 0 Å². The molecule has 5 nitrogen and oxygen atoms in total. The highest BCUT2D eigenvalue weighted by atomic mass is 16.1. The zero-order chi connectivity index (χ0) is 15.3. The minimum Gasteiger partial charge on any atom is -0.328 e. The smallest absolute Gasteiger partial charge is 0.226 e. The first-order valence-electron chi connectivity index (χ1n) is 7.63. The maximum Gasteiger partial charge on any atom is 0.226 e. The predicted molar refractivity (Wildman–Crippen MR) is 83.4 cm³/mol. The zero-order valence-electron chi connectivity index (χ0n) is 12.7. The molecule has 2 aromatic rings. The van der Waals surface area contributed by atoms with Crippen molar-refractivity contribution in [2.24, 2.45) is 5.92 Å². The molecule has 22 heavy (non-hydrogen) atoms. The van der Waals surface area contributed by atoms with Crippen LogP contribution in [0.15, 0.2) is 41.9 Å². The molecule has 112 valence electrons. The van der Waals surface area contributed by atoms with Gasteiger partial charge in [0.05, 0.1) is 0 Å². The van der Waals surface area contributed by atoms with Gasteiger partial charge in [0.15, 0.2) is 5.78 Å². The average Bonchev–Trinajstić information content (AvgIpc) is 2.92. The Bertz CT molecular complexity index is 789. The fourth-order valence-electron chi connectivity index (χ4n) is 3.50. The number of aromatic nitrogens is 3. The number of carbonyl (C=O) groups excluding carboxylic acids is 1. The van der Waals surface area contributed by atoms with Gasteiger partial charge in [0, 0.05) is 17.7 Å². The van der Waals surface area contributed by atoms with Crippen molar-refractivity contribution in [1.29, 1.82) is 0 Å². The Balaban J connectivity index is 1.92. The molecule has 1 aliphatic heterocycles. The van der Waals surface area contributed by atoms with E-state index in [1.54, 1.807) is 0 Å². The van der Waals surface area contributed by atoms with Crippen molar-refractivity contribution in [3.05, 3.63) is 53.0 Å². The molecular formula is C17H18N4O. The summed E-state index contributed by atoms with van der Waals surface area (Å²) in [6.07, 6.45) is 3.03. The van der Waals surface area contributed by atoms with Crippen LogP contribution < -0.4 is 5.32 Å². The van der Waals surface area contributed by atoms with E-state index in [2.05, 4.69) is 47.4 Å². The van der Waals surface area contributed by atoms with Crippen LogP contribution in [0.2, 0.25) is 0 Å². The van der Waals surface area contributed by atoms with E-state index in [9.17, 15) is 4.79 Å². The molecule has 1 aliphatic carbocycles. The molecule has 2 heterocycles. The number of Topliss-reactive ketones (excluding diaryl/α,β-unsaturated/α-hetero) is 1. The van der Waals surface area contributed by atoms with E-state index in [0.717, 1.165) is 23.3 Å². The molecule has 2 unspecified atom stereocenters. The number of carbonyl (C=O) groups is 1. The summed E-state index contributed by atoms with van der Waals surface area (Å²) in [6.45, 7) is 4.18. The molecule has 1 aromatic heterocycles. The third-order valence-electron chi connectivity index (χ3n) is 4.42. The van der Waals surface area contributed by atoms with E-state index in [4.69, 9.17) is 0 Å². The summed E-state index contributed by atoms with van der Waals surface area (Å²) in [5.74, 6) is 1.30. The number of rotatable bonds is 1. The molecule has 4 rings (SSSR count). The van der Waals surface area contributed by atoms with Crippen molar-refractivity contribution in [2.45, 2.75) is 32.7 Å². The fraction of sp³-hybridized carbons (Fsp3) is 0.353. The molecule has 1 N–H and O–H groups in total. The van der Waals surface area contributed by atoms with E-state index >= 15 is 0 Å². The van der Waals surface area contributed by atoms with Crippen LogP contribution in [0, 0.1) is 12.8 Å².